The van der Waals surface area contributed by atoms with Crippen LogP contribution in [0, 0.1) is 0 Å². The highest BCUT2D eigenvalue weighted by Gasteiger charge is 2.24. The van der Waals surface area contributed by atoms with Crippen molar-refractivity contribution < 1.29 is 0 Å². The molecule has 96 valence electrons. The molecule has 1 aliphatic carbocycles. The van der Waals surface area contributed by atoms with Crippen LogP contribution in [-0.4, -0.2) is 21.5 Å². The summed E-state index contributed by atoms with van der Waals surface area (Å²) in [4.78, 5) is 8.67. The van der Waals surface area contributed by atoms with Crippen LogP contribution in [0.4, 0.5) is 5.82 Å². The Labute approximate surface area is 117 Å². The molecule has 5 heteroatoms. The monoisotopic (exact) mass is 270 g/mol. The lowest BCUT2D eigenvalue weighted by Crippen LogP contribution is -2.24. The van der Waals surface area contributed by atoms with E-state index in [0.29, 0.717) is 11.6 Å². The van der Waals surface area contributed by atoms with Gasteiger partial charge < -0.3 is 11.1 Å². The first-order chi connectivity index (χ1) is 9.24. The summed E-state index contributed by atoms with van der Waals surface area (Å²) in [5.41, 5.74) is 8.91. The second-order valence-electron chi connectivity index (χ2n) is 4.63. The lowest BCUT2D eigenvalue weighted by molar-refractivity contribution is 0.634. The number of hydrogen-bond donors (Lipinski definition) is 2. The Kier molecular flexibility index (Phi) is 3.13. The minimum atomic E-state index is 0.270. The SMILES string of the molecule is NC(=S)c1cnc(NCC2Cc3ccccc32)cn1. The summed E-state index contributed by atoms with van der Waals surface area (Å²) in [6.45, 7) is 0.873. The first-order valence-corrected chi connectivity index (χ1v) is 6.58. The van der Waals surface area contributed by atoms with Gasteiger partial charge in [-0.3, -0.25) is 0 Å². The highest BCUT2D eigenvalue weighted by molar-refractivity contribution is 7.80. The lowest BCUT2D eigenvalue weighted by Gasteiger charge is -2.30. The maximum Gasteiger partial charge on any atom is 0.144 e. The summed E-state index contributed by atoms with van der Waals surface area (Å²) in [6.07, 6.45) is 4.39. The van der Waals surface area contributed by atoms with E-state index in [4.69, 9.17) is 18.0 Å². The molecule has 0 radical (unpaired) electrons. The van der Waals surface area contributed by atoms with Gasteiger partial charge in [-0.1, -0.05) is 36.5 Å². The Morgan fingerprint density at radius 3 is 2.84 bits per heavy atom. The van der Waals surface area contributed by atoms with Gasteiger partial charge in [0.05, 0.1) is 12.4 Å². The molecule has 1 aromatic heterocycles. The van der Waals surface area contributed by atoms with Crippen molar-refractivity contribution >= 4 is 23.0 Å². The summed E-state index contributed by atoms with van der Waals surface area (Å²) >= 11 is 4.84. The average Bonchev–Trinajstić information content (AvgIpc) is 2.40. The van der Waals surface area contributed by atoms with Crippen molar-refractivity contribution in [3.8, 4) is 0 Å². The molecule has 1 heterocycles. The molecule has 0 aliphatic heterocycles. The number of nitrogens with one attached hydrogen (secondary N) is 1. The van der Waals surface area contributed by atoms with Gasteiger partial charge in [0.2, 0.25) is 0 Å². The van der Waals surface area contributed by atoms with Crippen molar-refractivity contribution in [2.45, 2.75) is 12.3 Å². The molecule has 0 saturated carbocycles. The summed E-state index contributed by atoms with van der Waals surface area (Å²) in [7, 11) is 0. The van der Waals surface area contributed by atoms with E-state index in [9.17, 15) is 0 Å². The molecule has 0 bridgehead atoms. The van der Waals surface area contributed by atoms with Crippen LogP contribution >= 0.6 is 12.2 Å². The van der Waals surface area contributed by atoms with Crippen LogP contribution in [0.5, 0.6) is 0 Å². The van der Waals surface area contributed by atoms with Crippen LogP contribution in [0.1, 0.15) is 22.7 Å². The van der Waals surface area contributed by atoms with E-state index in [2.05, 4.69) is 39.6 Å². The maximum atomic E-state index is 5.48. The van der Waals surface area contributed by atoms with E-state index in [-0.39, 0.29) is 4.99 Å². The van der Waals surface area contributed by atoms with Crippen LogP contribution in [0.25, 0.3) is 0 Å². The smallest absolute Gasteiger partial charge is 0.144 e. The standard InChI is InChI=1S/C14H14N4S/c15-14(19)12-7-18-13(8-16-12)17-6-10-5-9-3-1-2-4-11(9)10/h1-4,7-8,10H,5-6H2,(H2,15,19)(H,17,18). The molecule has 19 heavy (non-hydrogen) atoms. The fourth-order valence-corrected chi connectivity index (χ4v) is 2.42. The van der Waals surface area contributed by atoms with Crippen LogP contribution < -0.4 is 11.1 Å². The molecule has 0 fully saturated rings. The topological polar surface area (TPSA) is 63.8 Å². The maximum absolute atomic E-state index is 5.48. The summed E-state index contributed by atoms with van der Waals surface area (Å²) in [6, 6.07) is 8.54. The lowest BCUT2D eigenvalue weighted by atomic mass is 9.78. The van der Waals surface area contributed by atoms with E-state index in [1.807, 2.05) is 0 Å². The van der Waals surface area contributed by atoms with Gasteiger partial charge in [-0.05, 0) is 17.5 Å². The molecule has 4 nitrogen and oxygen atoms in total. The first kappa shape index (κ1) is 12.0. The van der Waals surface area contributed by atoms with Crippen molar-refractivity contribution in [2.24, 2.45) is 5.73 Å². The van der Waals surface area contributed by atoms with Gasteiger partial charge in [0.25, 0.3) is 0 Å². The van der Waals surface area contributed by atoms with E-state index < -0.39 is 0 Å². The fourth-order valence-electron chi connectivity index (χ4n) is 2.32. The van der Waals surface area contributed by atoms with Crippen molar-refractivity contribution in [2.75, 3.05) is 11.9 Å². The van der Waals surface area contributed by atoms with E-state index in [1.54, 1.807) is 12.4 Å². The molecular weight excluding hydrogens is 256 g/mol. The molecular formula is C14H14N4S. The Hall–Kier alpha value is -2.01. The second kappa shape index (κ2) is 4.93. The molecule has 0 spiro atoms. The molecule has 2 aromatic rings. The zero-order valence-electron chi connectivity index (χ0n) is 10.3. The third-order valence-corrected chi connectivity index (χ3v) is 3.60. The summed E-state index contributed by atoms with van der Waals surface area (Å²) < 4.78 is 0. The minimum Gasteiger partial charge on any atom is -0.388 e. The largest absolute Gasteiger partial charge is 0.388 e. The van der Waals surface area contributed by atoms with Crippen molar-refractivity contribution in [1.82, 2.24) is 9.97 Å². The van der Waals surface area contributed by atoms with E-state index in [1.165, 1.54) is 11.1 Å². The highest BCUT2D eigenvalue weighted by Crippen LogP contribution is 2.34. The van der Waals surface area contributed by atoms with Gasteiger partial charge in [0, 0.05) is 12.5 Å². The zero-order chi connectivity index (χ0) is 13.2. The molecule has 0 amide bonds. The number of fused-ring (bicyclic) bond motifs is 1. The highest BCUT2D eigenvalue weighted by atomic mass is 32.1. The van der Waals surface area contributed by atoms with Crippen LogP contribution in [-0.2, 0) is 6.42 Å². The molecule has 0 saturated heterocycles. The van der Waals surface area contributed by atoms with Gasteiger partial charge in [-0.2, -0.15) is 0 Å². The number of nitrogens with two attached hydrogens (primary N) is 1. The summed E-state index contributed by atoms with van der Waals surface area (Å²) in [5, 5.41) is 3.30. The predicted octanol–water partition coefficient (Wildman–Crippen LogP) is 1.86. The Bertz CT molecular complexity index is 609. The molecule has 3 N–H and O–H groups in total. The Balaban J connectivity index is 1.60. The third-order valence-electron chi connectivity index (χ3n) is 3.40. The van der Waals surface area contributed by atoms with E-state index >= 15 is 0 Å². The molecule has 1 aromatic carbocycles. The number of rotatable bonds is 4. The quantitative estimate of drug-likeness (QED) is 0.830. The molecule has 1 aliphatic rings. The number of thiocarbonyl (C=S) groups is 1. The van der Waals surface area contributed by atoms with Crippen molar-refractivity contribution in [3.05, 3.63) is 53.5 Å². The third kappa shape index (κ3) is 2.42. The average molecular weight is 270 g/mol. The summed E-state index contributed by atoms with van der Waals surface area (Å²) in [5.74, 6) is 1.32. The van der Waals surface area contributed by atoms with Gasteiger partial charge in [-0.15, -0.1) is 0 Å². The number of hydrogen-bond acceptors (Lipinski definition) is 4. The number of aromatic nitrogens is 2. The molecule has 1 unspecified atom stereocenters. The van der Waals surface area contributed by atoms with Crippen LogP contribution in [0.2, 0.25) is 0 Å². The van der Waals surface area contributed by atoms with Gasteiger partial charge in [0.1, 0.15) is 16.5 Å². The first-order valence-electron chi connectivity index (χ1n) is 6.17. The number of nitrogens with zero attached hydrogens (tertiary/aromatic N) is 2. The Morgan fingerprint density at radius 2 is 2.16 bits per heavy atom. The number of anilines is 1. The normalized spacial score (nSPS) is 16.3. The van der Waals surface area contributed by atoms with E-state index in [0.717, 1.165) is 18.8 Å². The second-order valence-corrected chi connectivity index (χ2v) is 5.07. The molecule has 1 atom stereocenters. The van der Waals surface area contributed by atoms with Crippen LogP contribution in [0.3, 0.4) is 0 Å². The number of benzene rings is 1. The van der Waals surface area contributed by atoms with Gasteiger partial charge >= 0.3 is 0 Å². The van der Waals surface area contributed by atoms with Crippen molar-refractivity contribution in [1.29, 1.82) is 0 Å². The van der Waals surface area contributed by atoms with Gasteiger partial charge in [-0.25, -0.2) is 9.97 Å². The zero-order valence-corrected chi connectivity index (χ0v) is 11.2. The predicted molar refractivity (Wildman–Crippen MR) is 79.3 cm³/mol. The molecule has 3 rings (SSSR count). The van der Waals surface area contributed by atoms with Gasteiger partial charge in [0.15, 0.2) is 0 Å². The Morgan fingerprint density at radius 1 is 1.32 bits per heavy atom. The van der Waals surface area contributed by atoms with Crippen molar-refractivity contribution in [3.63, 3.8) is 0 Å². The fraction of sp³-hybridized carbons (Fsp3) is 0.214. The minimum absolute atomic E-state index is 0.270. The van der Waals surface area contributed by atoms with Crippen LogP contribution in [0.15, 0.2) is 36.7 Å².